The minimum Gasteiger partial charge on any atom is -0.329 e. The highest BCUT2D eigenvalue weighted by Gasteiger charge is 2.33. The van der Waals surface area contributed by atoms with Gasteiger partial charge in [-0.15, -0.1) is 0 Å². The lowest BCUT2D eigenvalue weighted by Gasteiger charge is -2.20. The summed E-state index contributed by atoms with van der Waals surface area (Å²) in [7, 11) is 8.07. The molecule has 0 bridgehead atoms. The number of amides is 2. The van der Waals surface area contributed by atoms with Crippen LogP contribution in [0.3, 0.4) is 0 Å². The highest BCUT2D eigenvalue weighted by molar-refractivity contribution is 6.51. The molecule has 3 N–H and O–H groups in total. The largest absolute Gasteiger partial charge is 0.329 e. The molecule has 270 valence electrons. The number of carbonyl (C=O) groups is 5. The van der Waals surface area contributed by atoms with Crippen molar-refractivity contribution in [3.63, 3.8) is 0 Å². The molecular formula is C40H50N6O5. The van der Waals surface area contributed by atoms with Crippen molar-refractivity contribution < 1.29 is 24.0 Å². The summed E-state index contributed by atoms with van der Waals surface area (Å²) in [6, 6.07) is 15.6. The molecule has 51 heavy (non-hydrogen) atoms. The van der Waals surface area contributed by atoms with Gasteiger partial charge >= 0.3 is 0 Å². The molecule has 1 aromatic heterocycles. The number of fused-ring (bicyclic) bond motifs is 3. The van der Waals surface area contributed by atoms with Crippen molar-refractivity contribution in [2.45, 2.75) is 47.0 Å². The molecule has 4 aromatic rings. The molecule has 7 rings (SSSR count). The van der Waals surface area contributed by atoms with Crippen molar-refractivity contribution in [2.24, 2.45) is 11.7 Å². The Balaban J connectivity index is 0.000000179. The number of Topliss-reactive ketones (excluding diaryl/α,β-unsaturated/α-hetero) is 3. The number of ketones is 3. The van der Waals surface area contributed by atoms with Gasteiger partial charge in [0.2, 0.25) is 0 Å². The number of rotatable bonds is 5. The van der Waals surface area contributed by atoms with Crippen LogP contribution in [0.5, 0.6) is 0 Å². The molecule has 3 heterocycles. The van der Waals surface area contributed by atoms with Gasteiger partial charge in [0.25, 0.3) is 17.6 Å². The average Bonchev–Trinajstić information content (AvgIpc) is 3.52. The average molecular weight is 695 g/mol. The number of pyridine rings is 1. The van der Waals surface area contributed by atoms with Crippen LogP contribution in [-0.4, -0.2) is 98.3 Å². The van der Waals surface area contributed by atoms with Crippen molar-refractivity contribution >= 4 is 62.3 Å². The number of hydrogen-bond donors (Lipinski definition) is 2. The van der Waals surface area contributed by atoms with Gasteiger partial charge in [-0.05, 0) is 91.3 Å². The second-order valence-corrected chi connectivity index (χ2v) is 13.9. The zero-order valence-electron chi connectivity index (χ0n) is 31.1. The number of aromatic nitrogens is 1. The van der Waals surface area contributed by atoms with Gasteiger partial charge in [-0.2, -0.15) is 0 Å². The number of aryl methyl sites for hydroxylation is 3. The lowest BCUT2D eigenvalue weighted by molar-refractivity contribution is -0.132. The normalized spacial score (nSPS) is 16.1. The van der Waals surface area contributed by atoms with Crippen LogP contribution in [0.1, 0.15) is 63.6 Å². The third-order valence-electron chi connectivity index (χ3n) is 9.01. The Labute approximate surface area is 300 Å². The standard InChI is InChI=1S/C20H21N3O.C9H7NO2.C7H10O2.C4H12N2/c1-12-5-7-15-14(11-12)17-18-16(8-6-13(2)19(18)21-15)23(20(17)24)10-9-22(3)4;1-5-2-3-7-6(4-5)8(11)9(12)10-7;1-5-2-3-6(8)4-7(5)9;1-6(2)4-3-5/h5-8,11H,9-10H2,1-4H3;2-4H,1H3,(H,10,11,12);5H,2-4H2,1H3;3-5H2,1-2H3. The van der Waals surface area contributed by atoms with E-state index >= 15 is 0 Å². The number of nitrogens with zero attached hydrogens (tertiary/aromatic N) is 4. The van der Waals surface area contributed by atoms with E-state index in [1.165, 1.54) is 0 Å². The molecule has 11 heteroatoms. The van der Waals surface area contributed by atoms with E-state index in [0.29, 0.717) is 24.2 Å². The predicted octanol–water partition coefficient (Wildman–Crippen LogP) is 5.11. The van der Waals surface area contributed by atoms with E-state index in [1.54, 1.807) is 12.1 Å². The van der Waals surface area contributed by atoms with E-state index < -0.39 is 11.7 Å². The van der Waals surface area contributed by atoms with Crippen LogP contribution in [0.2, 0.25) is 0 Å². The Hall–Kier alpha value is -4.84. The minimum atomic E-state index is -0.532. The fourth-order valence-corrected chi connectivity index (χ4v) is 6.00. The summed E-state index contributed by atoms with van der Waals surface area (Å²) in [6.07, 6.45) is 1.55. The maximum atomic E-state index is 13.2. The number of likely N-dealkylation sites (N-methyl/N-ethyl adjacent to an activating group) is 2. The molecule has 1 atom stereocenters. The highest BCUT2D eigenvalue weighted by Crippen LogP contribution is 2.41. The number of benzene rings is 3. The quantitative estimate of drug-likeness (QED) is 0.165. The van der Waals surface area contributed by atoms with E-state index in [1.807, 2.05) is 59.1 Å². The fraction of sp³-hybridized carbons (Fsp3) is 0.400. The molecule has 1 saturated carbocycles. The van der Waals surface area contributed by atoms with Gasteiger partial charge in [0.05, 0.1) is 40.0 Å². The van der Waals surface area contributed by atoms with Gasteiger partial charge in [-0.3, -0.25) is 24.0 Å². The third kappa shape index (κ3) is 9.29. The first-order valence-electron chi connectivity index (χ1n) is 17.3. The predicted molar refractivity (Wildman–Crippen MR) is 204 cm³/mol. The number of nitrogens with one attached hydrogen (secondary N) is 1. The number of carbonyl (C=O) groups excluding carboxylic acids is 5. The topological polar surface area (TPSA) is 146 Å². The van der Waals surface area contributed by atoms with Gasteiger partial charge in [-0.1, -0.05) is 36.2 Å². The molecule has 3 aromatic carbocycles. The Morgan fingerprint density at radius 2 is 1.55 bits per heavy atom. The second-order valence-electron chi connectivity index (χ2n) is 13.9. The summed E-state index contributed by atoms with van der Waals surface area (Å²) in [5.41, 5.74) is 13.2. The molecule has 2 aliphatic heterocycles. The molecule has 1 unspecified atom stereocenters. The van der Waals surface area contributed by atoms with Gasteiger partial charge in [0, 0.05) is 49.3 Å². The molecule has 0 saturated heterocycles. The number of hydrogen-bond acceptors (Lipinski definition) is 9. The maximum absolute atomic E-state index is 13.2. The second kappa shape index (κ2) is 16.9. The van der Waals surface area contributed by atoms with Crippen LogP contribution in [0.25, 0.3) is 21.8 Å². The van der Waals surface area contributed by atoms with E-state index in [4.69, 9.17) is 10.7 Å². The zero-order valence-corrected chi connectivity index (χ0v) is 31.1. The van der Waals surface area contributed by atoms with Crippen molar-refractivity contribution in [3.05, 3.63) is 76.3 Å². The third-order valence-corrected chi connectivity index (χ3v) is 9.01. The van der Waals surface area contributed by atoms with Crippen molar-refractivity contribution in [1.29, 1.82) is 0 Å². The maximum Gasteiger partial charge on any atom is 0.296 e. The van der Waals surface area contributed by atoms with Crippen molar-refractivity contribution in [2.75, 3.05) is 64.6 Å². The smallest absolute Gasteiger partial charge is 0.296 e. The first-order chi connectivity index (χ1) is 24.1. The molecule has 1 aliphatic carbocycles. The molecule has 2 amide bonds. The summed E-state index contributed by atoms with van der Waals surface area (Å²) in [4.78, 5) is 67.5. The van der Waals surface area contributed by atoms with E-state index in [-0.39, 0.29) is 29.8 Å². The van der Waals surface area contributed by atoms with Gasteiger partial charge in [0.1, 0.15) is 11.6 Å². The highest BCUT2D eigenvalue weighted by atomic mass is 16.2. The molecule has 0 radical (unpaired) electrons. The zero-order chi connectivity index (χ0) is 37.6. The van der Waals surface area contributed by atoms with Crippen LogP contribution in [0.15, 0.2) is 48.5 Å². The van der Waals surface area contributed by atoms with Crippen LogP contribution in [-0.2, 0) is 14.4 Å². The van der Waals surface area contributed by atoms with Gasteiger partial charge < -0.3 is 25.8 Å². The van der Waals surface area contributed by atoms with Crippen molar-refractivity contribution in [1.82, 2.24) is 14.8 Å². The lowest BCUT2D eigenvalue weighted by atomic mass is 9.89. The Morgan fingerprint density at radius 1 is 0.882 bits per heavy atom. The first kappa shape index (κ1) is 39.0. The number of nitrogens with two attached hydrogens (primary N) is 1. The summed E-state index contributed by atoms with van der Waals surface area (Å²) in [5, 5.41) is 4.46. The summed E-state index contributed by atoms with van der Waals surface area (Å²) >= 11 is 0. The minimum absolute atomic E-state index is 0.0976. The summed E-state index contributed by atoms with van der Waals surface area (Å²) in [5.74, 6) is -0.517. The van der Waals surface area contributed by atoms with Gasteiger partial charge in [-0.25, -0.2) is 4.98 Å². The molecule has 11 nitrogen and oxygen atoms in total. The molecule has 1 fully saturated rings. The summed E-state index contributed by atoms with van der Waals surface area (Å²) < 4.78 is 0. The van der Waals surface area contributed by atoms with Gasteiger partial charge in [0.15, 0.2) is 0 Å². The Morgan fingerprint density at radius 3 is 2.16 bits per heavy atom. The lowest BCUT2D eigenvalue weighted by Crippen LogP contribution is -2.34. The van der Waals surface area contributed by atoms with Crippen LogP contribution in [0.4, 0.5) is 11.4 Å². The summed E-state index contributed by atoms with van der Waals surface area (Å²) in [6.45, 7) is 11.1. The van der Waals surface area contributed by atoms with E-state index in [2.05, 4.69) is 53.2 Å². The van der Waals surface area contributed by atoms with E-state index in [0.717, 1.165) is 75.8 Å². The molecular weight excluding hydrogens is 644 g/mol. The van der Waals surface area contributed by atoms with Crippen LogP contribution >= 0.6 is 0 Å². The molecule has 0 spiro atoms. The Bertz CT molecular complexity index is 1990. The molecule has 3 aliphatic rings. The van der Waals surface area contributed by atoms with E-state index in [9.17, 15) is 24.0 Å². The number of anilines is 2. The first-order valence-corrected chi connectivity index (χ1v) is 17.3. The SMILES string of the molecule is CC1CCC(=O)CC1=O.CN(C)CCN.Cc1ccc2c(c1)C(=O)C(=O)N2.Cc1ccc2nc3c(C)ccc4c3c(c2c1)C(=O)N4CCN(C)C. The monoisotopic (exact) mass is 694 g/mol. The van der Waals surface area contributed by atoms with Crippen molar-refractivity contribution in [3.8, 4) is 0 Å². The fourth-order valence-electron chi connectivity index (χ4n) is 6.00. The van der Waals surface area contributed by atoms with Crippen LogP contribution < -0.4 is 16.0 Å². The van der Waals surface area contributed by atoms with Crippen LogP contribution in [0, 0.1) is 26.7 Å². The Kier molecular flexibility index (Phi) is 12.9.